The number of hydrogen-bond donors (Lipinski definition) is 1. The molecule has 0 radical (unpaired) electrons. The van der Waals surface area contributed by atoms with Crippen molar-refractivity contribution in [2.75, 3.05) is 5.32 Å². The lowest BCUT2D eigenvalue weighted by atomic mass is 10.1. The second kappa shape index (κ2) is 4.96. The van der Waals surface area contributed by atoms with Gasteiger partial charge in [-0.1, -0.05) is 24.3 Å². The molecule has 0 amide bonds. The van der Waals surface area contributed by atoms with E-state index in [0.717, 1.165) is 24.1 Å². The molecule has 2 aromatic rings. The predicted molar refractivity (Wildman–Crippen MR) is 79.0 cm³/mol. The first-order chi connectivity index (χ1) is 9.65. The number of nitro benzene ring substituents is 1. The third kappa shape index (κ3) is 2.25. The summed E-state index contributed by atoms with van der Waals surface area (Å²) in [6.45, 7) is 1.90. The molecule has 20 heavy (non-hydrogen) atoms. The highest BCUT2D eigenvalue weighted by Crippen LogP contribution is 2.34. The molecule has 102 valence electrons. The van der Waals surface area contributed by atoms with Gasteiger partial charge in [-0.15, -0.1) is 0 Å². The lowest BCUT2D eigenvalue weighted by Crippen LogP contribution is -2.08. The van der Waals surface area contributed by atoms with Crippen molar-refractivity contribution >= 4 is 11.4 Å². The highest BCUT2D eigenvalue weighted by Gasteiger charge is 2.22. The molecule has 1 aliphatic rings. The quantitative estimate of drug-likeness (QED) is 0.676. The molecular weight excluding hydrogens is 252 g/mol. The van der Waals surface area contributed by atoms with Gasteiger partial charge in [-0.25, -0.2) is 0 Å². The van der Waals surface area contributed by atoms with Crippen molar-refractivity contribution < 1.29 is 4.92 Å². The van der Waals surface area contributed by atoms with Crippen LogP contribution in [0.15, 0.2) is 42.5 Å². The van der Waals surface area contributed by atoms with Gasteiger partial charge in [0.1, 0.15) is 0 Å². The monoisotopic (exact) mass is 268 g/mol. The number of benzene rings is 2. The van der Waals surface area contributed by atoms with Gasteiger partial charge in [-0.2, -0.15) is 0 Å². The van der Waals surface area contributed by atoms with Crippen LogP contribution in [-0.4, -0.2) is 4.92 Å². The molecule has 0 saturated heterocycles. The number of nitrogens with one attached hydrogen (secondary N) is 1. The van der Waals surface area contributed by atoms with Crippen LogP contribution in [0.4, 0.5) is 11.4 Å². The van der Waals surface area contributed by atoms with Gasteiger partial charge in [-0.05, 0) is 42.5 Å². The molecular formula is C16H16N2O2. The summed E-state index contributed by atoms with van der Waals surface area (Å²) in [5, 5.41) is 14.3. The van der Waals surface area contributed by atoms with E-state index in [4.69, 9.17) is 0 Å². The fourth-order valence-corrected chi connectivity index (χ4v) is 2.82. The molecule has 4 nitrogen and oxygen atoms in total. The highest BCUT2D eigenvalue weighted by atomic mass is 16.6. The summed E-state index contributed by atoms with van der Waals surface area (Å²) >= 11 is 0. The summed E-state index contributed by atoms with van der Waals surface area (Å²) in [5.41, 5.74) is 4.75. The lowest BCUT2D eigenvalue weighted by Gasteiger charge is -2.17. The van der Waals surface area contributed by atoms with Crippen molar-refractivity contribution in [1.82, 2.24) is 0 Å². The minimum Gasteiger partial charge on any atom is -0.378 e. The van der Waals surface area contributed by atoms with Gasteiger partial charge in [0.15, 0.2) is 0 Å². The van der Waals surface area contributed by atoms with E-state index in [2.05, 4.69) is 29.6 Å². The summed E-state index contributed by atoms with van der Waals surface area (Å²) in [6.07, 6.45) is 2.15. The average Bonchev–Trinajstić information content (AvgIpc) is 2.84. The summed E-state index contributed by atoms with van der Waals surface area (Å²) < 4.78 is 0. The zero-order valence-electron chi connectivity index (χ0n) is 11.3. The Balaban J connectivity index is 1.84. The van der Waals surface area contributed by atoms with Gasteiger partial charge in [-0.3, -0.25) is 10.1 Å². The van der Waals surface area contributed by atoms with Gasteiger partial charge < -0.3 is 5.32 Å². The highest BCUT2D eigenvalue weighted by molar-refractivity contribution is 5.57. The summed E-state index contributed by atoms with van der Waals surface area (Å²) in [7, 11) is 0. The molecule has 2 aromatic carbocycles. The van der Waals surface area contributed by atoms with Crippen molar-refractivity contribution in [1.29, 1.82) is 0 Å². The zero-order chi connectivity index (χ0) is 14.1. The van der Waals surface area contributed by atoms with Crippen molar-refractivity contribution in [3.8, 4) is 0 Å². The van der Waals surface area contributed by atoms with Crippen molar-refractivity contribution in [2.24, 2.45) is 0 Å². The molecule has 1 atom stereocenters. The van der Waals surface area contributed by atoms with Crippen LogP contribution in [0.1, 0.15) is 29.2 Å². The third-order valence-electron chi connectivity index (χ3n) is 3.88. The molecule has 0 spiro atoms. The fourth-order valence-electron chi connectivity index (χ4n) is 2.82. The van der Waals surface area contributed by atoms with Crippen molar-refractivity contribution in [3.05, 3.63) is 69.3 Å². The predicted octanol–water partition coefficient (Wildman–Crippen LogP) is 4.00. The Hall–Kier alpha value is -2.36. The SMILES string of the molecule is Cc1cc([N+](=O)[O-])ccc1NC1CCc2ccccc21. The number of aryl methyl sites for hydroxylation is 2. The Morgan fingerprint density at radius 2 is 2.05 bits per heavy atom. The maximum absolute atomic E-state index is 10.8. The van der Waals surface area contributed by atoms with Crippen LogP contribution in [0.3, 0.4) is 0 Å². The standard InChI is InChI=1S/C16H16N2O2/c1-11-10-13(18(19)20)7-9-15(11)17-16-8-6-12-4-2-3-5-14(12)16/h2-5,7,9-10,16-17H,6,8H2,1H3. The molecule has 0 bridgehead atoms. The Kier molecular flexibility index (Phi) is 3.14. The van der Waals surface area contributed by atoms with Crippen LogP contribution < -0.4 is 5.32 Å². The summed E-state index contributed by atoms with van der Waals surface area (Å²) in [5.74, 6) is 0. The van der Waals surface area contributed by atoms with Gasteiger partial charge in [0.2, 0.25) is 0 Å². The Morgan fingerprint density at radius 3 is 2.80 bits per heavy atom. The van der Waals surface area contributed by atoms with E-state index < -0.39 is 0 Å². The van der Waals surface area contributed by atoms with Gasteiger partial charge in [0, 0.05) is 17.8 Å². The molecule has 1 unspecified atom stereocenters. The largest absolute Gasteiger partial charge is 0.378 e. The topological polar surface area (TPSA) is 55.2 Å². The van der Waals surface area contributed by atoms with Crippen LogP contribution in [0, 0.1) is 17.0 Å². The molecule has 3 rings (SSSR count). The number of fused-ring (bicyclic) bond motifs is 1. The molecule has 0 saturated carbocycles. The average molecular weight is 268 g/mol. The molecule has 0 aromatic heterocycles. The Labute approximate surface area is 117 Å². The van der Waals surface area contributed by atoms with Crippen LogP contribution in [0.5, 0.6) is 0 Å². The number of rotatable bonds is 3. The first-order valence-electron chi connectivity index (χ1n) is 6.74. The first-order valence-corrected chi connectivity index (χ1v) is 6.74. The molecule has 1 N–H and O–H groups in total. The zero-order valence-corrected chi connectivity index (χ0v) is 11.3. The summed E-state index contributed by atoms with van der Waals surface area (Å²) in [6, 6.07) is 13.7. The maximum Gasteiger partial charge on any atom is 0.269 e. The molecule has 1 aliphatic carbocycles. The minimum atomic E-state index is -0.359. The van der Waals surface area contributed by atoms with E-state index in [9.17, 15) is 10.1 Å². The second-order valence-electron chi connectivity index (χ2n) is 5.19. The molecule has 0 heterocycles. The van der Waals surface area contributed by atoms with Crippen molar-refractivity contribution in [2.45, 2.75) is 25.8 Å². The van der Waals surface area contributed by atoms with E-state index in [1.165, 1.54) is 11.1 Å². The van der Waals surface area contributed by atoms with Gasteiger partial charge in [0.25, 0.3) is 5.69 Å². The molecule has 0 fully saturated rings. The molecule has 4 heteroatoms. The third-order valence-corrected chi connectivity index (χ3v) is 3.88. The fraction of sp³-hybridized carbons (Fsp3) is 0.250. The number of nitrogens with zero attached hydrogens (tertiary/aromatic N) is 1. The number of nitro groups is 1. The number of hydrogen-bond acceptors (Lipinski definition) is 3. The van der Waals surface area contributed by atoms with Crippen molar-refractivity contribution in [3.63, 3.8) is 0 Å². The molecule has 0 aliphatic heterocycles. The van der Waals surface area contributed by atoms with Crippen LogP contribution in [0.25, 0.3) is 0 Å². The van der Waals surface area contributed by atoms with E-state index in [1.54, 1.807) is 18.2 Å². The second-order valence-corrected chi connectivity index (χ2v) is 5.19. The van der Waals surface area contributed by atoms with Crippen LogP contribution in [0.2, 0.25) is 0 Å². The normalized spacial score (nSPS) is 16.8. The number of anilines is 1. The minimum absolute atomic E-state index is 0.139. The Morgan fingerprint density at radius 1 is 1.25 bits per heavy atom. The smallest absolute Gasteiger partial charge is 0.269 e. The lowest BCUT2D eigenvalue weighted by molar-refractivity contribution is -0.384. The Bertz CT molecular complexity index is 667. The summed E-state index contributed by atoms with van der Waals surface area (Å²) in [4.78, 5) is 10.4. The maximum atomic E-state index is 10.8. The first kappa shape index (κ1) is 12.7. The van der Waals surface area contributed by atoms with Crippen LogP contribution in [-0.2, 0) is 6.42 Å². The van der Waals surface area contributed by atoms with Crippen LogP contribution >= 0.6 is 0 Å². The van der Waals surface area contributed by atoms with E-state index >= 15 is 0 Å². The van der Waals surface area contributed by atoms with Gasteiger partial charge in [0.05, 0.1) is 11.0 Å². The number of non-ortho nitro benzene ring substituents is 1. The van der Waals surface area contributed by atoms with E-state index in [1.807, 2.05) is 6.92 Å². The van der Waals surface area contributed by atoms with Gasteiger partial charge >= 0.3 is 0 Å². The van der Waals surface area contributed by atoms with E-state index in [0.29, 0.717) is 6.04 Å². The van der Waals surface area contributed by atoms with E-state index in [-0.39, 0.29) is 10.6 Å².